The molecule has 1 aliphatic heterocycles. The molecule has 1 amide bonds. The van der Waals surface area contributed by atoms with Crippen LogP contribution >= 0.6 is 11.8 Å². The Balaban J connectivity index is 1.42. The molecule has 1 aromatic heterocycles. The van der Waals surface area contributed by atoms with E-state index < -0.39 is 0 Å². The maximum absolute atomic E-state index is 12.7. The highest BCUT2D eigenvalue weighted by molar-refractivity contribution is 8.00. The van der Waals surface area contributed by atoms with Crippen LogP contribution in [0.5, 0.6) is 11.5 Å². The summed E-state index contributed by atoms with van der Waals surface area (Å²) in [5.74, 6) is 2.23. The van der Waals surface area contributed by atoms with Gasteiger partial charge in [-0.25, -0.2) is 0 Å². The van der Waals surface area contributed by atoms with Crippen molar-refractivity contribution in [2.24, 2.45) is 0 Å². The number of nitrogens with one attached hydrogen (secondary N) is 1. The van der Waals surface area contributed by atoms with Crippen molar-refractivity contribution in [3.8, 4) is 22.9 Å². The summed E-state index contributed by atoms with van der Waals surface area (Å²) in [7, 11) is 0. The maximum atomic E-state index is 12.7. The van der Waals surface area contributed by atoms with Crippen LogP contribution in [0, 0.1) is 6.92 Å². The van der Waals surface area contributed by atoms with Crippen LogP contribution in [0.15, 0.2) is 47.6 Å². The van der Waals surface area contributed by atoms with Crippen molar-refractivity contribution in [1.82, 2.24) is 20.1 Å². The number of hydrogen-bond donors (Lipinski definition) is 1. The lowest BCUT2D eigenvalue weighted by Crippen LogP contribution is -2.30. The van der Waals surface area contributed by atoms with E-state index in [4.69, 9.17) is 9.47 Å². The lowest BCUT2D eigenvalue weighted by atomic mass is 10.1. The molecule has 0 bridgehead atoms. The predicted molar refractivity (Wildman–Crippen MR) is 120 cm³/mol. The average Bonchev–Trinajstić information content (AvgIpc) is 3.39. The number of fused-ring (bicyclic) bond motifs is 1. The number of aryl methyl sites for hydroxylation is 1. The summed E-state index contributed by atoms with van der Waals surface area (Å²) in [6, 6.07) is 13.9. The zero-order chi connectivity index (χ0) is 21.8. The van der Waals surface area contributed by atoms with Gasteiger partial charge in [-0.1, -0.05) is 48.5 Å². The molecule has 4 rings (SSSR count). The summed E-state index contributed by atoms with van der Waals surface area (Å²) in [6.07, 6.45) is 0.953. The van der Waals surface area contributed by atoms with Crippen molar-refractivity contribution in [3.05, 3.63) is 53.6 Å². The molecule has 31 heavy (non-hydrogen) atoms. The van der Waals surface area contributed by atoms with E-state index in [2.05, 4.69) is 46.1 Å². The second-order valence-corrected chi connectivity index (χ2v) is 8.80. The highest BCUT2D eigenvalue weighted by Gasteiger charge is 2.21. The molecule has 2 heterocycles. The molecular weight excluding hydrogens is 412 g/mol. The molecule has 0 radical (unpaired) electrons. The number of carbonyl (C=O) groups excluding carboxylic acids is 1. The van der Waals surface area contributed by atoms with Gasteiger partial charge >= 0.3 is 0 Å². The van der Waals surface area contributed by atoms with Gasteiger partial charge in [0.2, 0.25) is 12.7 Å². The van der Waals surface area contributed by atoms with Gasteiger partial charge in [0.25, 0.3) is 0 Å². The van der Waals surface area contributed by atoms with Crippen LogP contribution in [-0.4, -0.2) is 32.7 Å². The number of carbonyl (C=O) groups is 1. The minimum Gasteiger partial charge on any atom is -0.454 e. The molecule has 0 fully saturated rings. The van der Waals surface area contributed by atoms with Gasteiger partial charge in [-0.2, -0.15) is 0 Å². The van der Waals surface area contributed by atoms with E-state index in [1.807, 2.05) is 37.3 Å². The predicted octanol–water partition coefficient (Wildman–Crippen LogP) is 4.19. The molecule has 0 saturated carbocycles. The van der Waals surface area contributed by atoms with Crippen molar-refractivity contribution in [2.45, 2.75) is 50.7 Å². The van der Waals surface area contributed by atoms with Crippen LogP contribution in [0.3, 0.4) is 0 Å². The largest absolute Gasteiger partial charge is 0.454 e. The van der Waals surface area contributed by atoms with Gasteiger partial charge in [-0.15, -0.1) is 10.2 Å². The smallest absolute Gasteiger partial charge is 0.233 e. The minimum atomic E-state index is -0.306. The van der Waals surface area contributed by atoms with Gasteiger partial charge in [0.05, 0.1) is 5.25 Å². The van der Waals surface area contributed by atoms with Gasteiger partial charge in [-0.3, -0.25) is 4.79 Å². The Hall–Kier alpha value is -3.00. The summed E-state index contributed by atoms with van der Waals surface area (Å²) in [4.78, 5) is 12.7. The summed E-state index contributed by atoms with van der Waals surface area (Å²) >= 11 is 1.43. The number of hydrogen-bond acceptors (Lipinski definition) is 6. The molecule has 1 atom stereocenters. The molecule has 7 nitrogen and oxygen atoms in total. The van der Waals surface area contributed by atoms with E-state index in [1.54, 1.807) is 0 Å². The van der Waals surface area contributed by atoms with Gasteiger partial charge in [0.15, 0.2) is 22.5 Å². The Kier molecular flexibility index (Phi) is 6.46. The Labute approximate surface area is 186 Å². The fraction of sp³-hybridized carbons (Fsp3) is 0.348. The highest BCUT2D eigenvalue weighted by Crippen LogP contribution is 2.32. The minimum absolute atomic E-state index is 0.0502. The van der Waals surface area contributed by atoms with Crippen molar-refractivity contribution in [1.29, 1.82) is 0 Å². The van der Waals surface area contributed by atoms with Crippen molar-refractivity contribution < 1.29 is 14.3 Å². The lowest BCUT2D eigenvalue weighted by molar-refractivity contribution is -0.120. The van der Waals surface area contributed by atoms with Crippen LogP contribution in [0.25, 0.3) is 11.4 Å². The van der Waals surface area contributed by atoms with E-state index in [0.29, 0.717) is 12.3 Å². The first-order valence-electron chi connectivity index (χ1n) is 10.4. The second kappa shape index (κ2) is 9.43. The van der Waals surface area contributed by atoms with Crippen molar-refractivity contribution in [3.63, 3.8) is 0 Å². The molecule has 0 spiro atoms. The van der Waals surface area contributed by atoms with Crippen LogP contribution < -0.4 is 14.8 Å². The zero-order valence-corrected chi connectivity index (χ0v) is 18.7. The van der Waals surface area contributed by atoms with Gasteiger partial charge in [0.1, 0.15) is 0 Å². The third-order valence-corrected chi connectivity index (χ3v) is 6.08. The van der Waals surface area contributed by atoms with E-state index in [1.165, 1.54) is 17.3 Å². The normalized spacial score (nSPS) is 13.3. The summed E-state index contributed by atoms with van der Waals surface area (Å²) in [5, 5.41) is 12.2. The van der Waals surface area contributed by atoms with Gasteiger partial charge in [-0.05, 0) is 44.0 Å². The number of rotatable bonds is 8. The molecule has 3 aromatic rings. The molecule has 1 N–H and O–H groups in total. The summed E-state index contributed by atoms with van der Waals surface area (Å²) < 4.78 is 12.8. The third kappa shape index (κ3) is 4.85. The first-order valence-corrected chi connectivity index (χ1v) is 11.3. The van der Waals surface area contributed by atoms with Crippen LogP contribution in [0.4, 0.5) is 0 Å². The first kappa shape index (κ1) is 21.2. The average molecular weight is 439 g/mol. The van der Waals surface area contributed by atoms with E-state index in [9.17, 15) is 4.79 Å². The fourth-order valence-electron chi connectivity index (χ4n) is 3.39. The summed E-state index contributed by atoms with van der Waals surface area (Å²) in [5.41, 5.74) is 3.17. The topological polar surface area (TPSA) is 78.3 Å². The molecule has 1 unspecified atom stereocenters. The molecule has 0 saturated heterocycles. The Morgan fingerprint density at radius 3 is 2.84 bits per heavy atom. The van der Waals surface area contributed by atoms with Crippen molar-refractivity contribution in [2.75, 3.05) is 6.79 Å². The SMILES string of the molecule is CCCn1c(SC(C)C(=O)NCc2ccc3c(c2)OCO3)nnc1-c1cccc(C)c1. The van der Waals surface area contributed by atoms with Gasteiger partial charge < -0.3 is 19.4 Å². The molecule has 1 aliphatic rings. The third-order valence-electron chi connectivity index (χ3n) is 5.00. The monoisotopic (exact) mass is 438 g/mol. The molecule has 0 aliphatic carbocycles. The van der Waals surface area contributed by atoms with Crippen molar-refractivity contribution >= 4 is 17.7 Å². The lowest BCUT2D eigenvalue weighted by Gasteiger charge is -2.14. The van der Waals surface area contributed by atoms with Crippen LogP contribution in [0.2, 0.25) is 0 Å². The number of thioether (sulfide) groups is 1. The zero-order valence-electron chi connectivity index (χ0n) is 17.9. The number of amides is 1. The van der Waals surface area contributed by atoms with E-state index >= 15 is 0 Å². The Bertz CT molecular complexity index is 1080. The van der Waals surface area contributed by atoms with E-state index in [-0.39, 0.29) is 18.0 Å². The maximum Gasteiger partial charge on any atom is 0.233 e. The number of aromatic nitrogens is 3. The standard InChI is InChI=1S/C23H26N4O3S/c1-4-10-27-21(18-7-5-6-15(2)11-18)25-26-23(27)31-16(3)22(28)24-13-17-8-9-19-20(12-17)30-14-29-19/h5-9,11-12,16H,4,10,13-14H2,1-3H3,(H,24,28). The fourth-order valence-corrected chi connectivity index (χ4v) is 4.29. The first-order chi connectivity index (χ1) is 15.0. The highest BCUT2D eigenvalue weighted by atomic mass is 32.2. The quantitative estimate of drug-likeness (QED) is 0.532. The molecule has 2 aromatic carbocycles. The van der Waals surface area contributed by atoms with Crippen LogP contribution in [0.1, 0.15) is 31.4 Å². The number of nitrogens with zero attached hydrogens (tertiary/aromatic N) is 3. The number of benzene rings is 2. The van der Waals surface area contributed by atoms with Crippen LogP contribution in [-0.2, 0) is 17.9 Å². The second-order valence-electron chi connectivity index (χ2n) is 7.49. The van der Waals surface area contributed by atoms with E-state index in [0.717, 1.165) is 40.8 Å². The van der Waals surface area contributed by atoms with Gasteiger partial charge in [0, 0.05) is 18.7 Å². The molecule has 162 valence electrons. The summed E-state index contributed by atoms with van der Waals surface area (Å²) in [6.45, 7) is 7.53. The molecule has 8 heteroatoms. The Morgan fingerprint density at radius 2 is 2.03 bits per heavy atom. The molecular formula is C23H26N4O3S. The number of ether oxygens (including phenoxy) is 2. The Morgan fingerprint density at radius 1 is 1.19 bits per heavy atom.